The van der Waals surface area contributed by atoms with E-state index in [1.54, 1.807) is 6.07 Å². The van der Waals surface area contributed by atoms with Gasteiger partial charge in [-0.05, 0) is 102 Å². The van der Waals surface area contributed by atoms with Crippen molar-refractivity contribution in [3.05, 3.63) is 71.8 Å². The van der Waals surface area contributed by atoms with E-state index in [1.807, 2.05) is 6.07 Å². The predicted octanol–water partition coefficient (Wildman–Crippen LogP) is 8.79. The van der Waals surface area contributed by atoms with E-state index in [1.165, 1.54) is 75.3 Å². The first-order chi connectivity index (χ1) is 19.4. The zero-order valence-corrected chi connectivity index (χ0v) is 24.9. The fourth-order valence-electron chi connectivity index (χ4n) is 5.98. The number of rotatable bonds is 16. The largest absolute Gasteiger partial charge is 0.423 e. The molecule has 0 bridgehead atoms. The minimum Gasteiger partial charge on any atom is -0.423 e. The normalized spacial score (nSPS) is 17.0. The Balaban J connectivity index is 1.78. The van der Waals surface area contributed by atoms with E-state index in [0.717, 1.165) is 34.6 Å². The van der Waals surface area contributed by atoms with Crippen LogP contribution in [-0.4, -0.2) is 29.4 Å². The molecule has 218 valence electrons. The maximum absolute atomic E-state index is 12.5. The molecule has 40 heavy (non-hydrogen) atoms. The Hall–Kier alpha value is -2.69. The van der Waals surface area contributed by atoms with Crippen LogP contribution in [0.25, 0.3) is 16.7 Å². The van der Waals surface area contributed by atoms with Crippen LogP contribution in [0, 0.1) is 5.92 Å². The van der Waals surface area contributed by atoms with Crippen LogP contribution in [0.3, 0.4) is 0 Å². The summed E-state index contributed by atoms with van der Waals surface area (Å²) >= 11 is 0. The van der Waals surface area contributed by atoms with Crippen LogP contribution in [0.5, 0.6) is 5.75 Å². The number of carbonyl (C=O) groups is 1. The van der Waals surface area contributed by atoms with E-state index in [0.29, 0.717) is 18.1 Å². The lowest BCUT2D eigenvalue weighted by molar-refractivity contribution is -0.130. The number of esters is 1. The minimum atomic E-state index is -0.549. The smallest absolute Gasteiger partial charge is 0.338 e. The summed E-state index contributed by atoms with van der Waals surface area (Å²) in [6.45, 7) is 12.2. The van der Waals surface area contributed by atoms with Crippen LogP contribution in [0.2, 0.25) is 0 Å². The van der Waals surface area contributed by atoms with Gasteiger partial charge in [0.2, 0.25) is 0 Å². The number of aliphatic hydroxyl groups is 2. The van der Waals surface area contributed by atoms with Gasteiger partial charge in [0.15, 0.2) is 0 Å². The van der Waals surface area contributed by atoms with Gasteiger partial charge in [-0.2, -0.15) is 0 Å². The van der Waals surface area contributed by atoms with Gasteiger partial charge < -0.3 is 14.9 Å². The molecule has 1 fully saturated rings. The summed E-state index contributed by atoms with van der Waals surface area (Å²) < 4.78 is 5.66. The first kappa shape index (κ1) is 31.8. The third-order valence-corrected chi connectivity index (χ3v) is 8.50. The fraction of sp³-hybridized carbons (Fsp3) is 0.528. The lowest BCUT2D eigenvalue weighted by Gasteiger charge is -2.29. The van der Waals surface area contributed by atoms with Gasteiger partial charge in [-0.25, -0.2) is 4.79 Å². The molecule has 2 aromatic rings. The molecule has 0 spiro atoms. The SMILES string of the molecule is C=C(CCO)C(=O)Oc1cc(C(=C)CCO)cc(-c2ccc(C3CCC(CCCCCCC)CC3)cc2CC)c1. The number of aryl methyl sites for hydroxylation is 1. The van der Waals surface area contributed by atoms with Gasteiger partial charge in [-0.3, -0.25) is 0 Å². The topological polar surface area (TPSA) is 66.8 Å². The quantitative estimate of drug-likeness (QED) is 0.0955. The molecule has 2 N–H and O–H groups in total. The van der Waals surface area contributed by atoms with Gasteiger partial charge in [0, 0.05) is 25.2 Å². The highest BCUT2D eigenvalue weighted by Gasteiger charge is 2.23. The highest BCUT2D eigenvalue weighted by Crippen LogP contribution is 2.40. The monoisotopic (exact) mass is 546 g/mol. The highest BCUT2D eigenvalue weighted by molar-refractivity contribution is 5.90. The molecular weight excluding hydrogens is 496 g/mol. The first-order valence-corrected chi connectivity index (χ1v) is 15.5. The van der Waals surface area contributed by atoms with Crippen molar-refractivity contribution in [3.8, 4) is 16.9 Å². The molecule has 0 unspecified atom stereocenters. The highest BCUT2D eigenvalue weighted by atomic mass is 16.5. The number of hydrogen-bond donors (Lipinski definition) is 2. The van der Waals surface area contributed by atoms with Gasteiger partial charge in [-0.15, -0.1) is 0 Å². The Kier molecular flexibility index (Phi) is 13.2. The predicted molar refractivity (Wildman–Crippen MR) is 167 cm³/mol. The molecule has 1 saturated carbocycles. The van der Waals surface area contributed by atoms with E-state index in [-0.39, 0.29) is 25.2 Å². The fourth-order valence-corrected chi connectivity index (χ4v) is 5.98. The maximum atomic E-state index is 12.5. The maximum Gasteiger partial charge on any atom is 0.338 e. The van der Waals surface area contributed by atoms with Gasteiger partial charge >= 0.3 is 5.97 Å². The molecule has 0 atom stereocenters. The van der Waals surface area contributed by atoms with Crippen LogP contribution < -0.4 is 4.74 Å². The van der Waals surface area contributed by atoms with Crippen molar-refractivity contribution < 1.29 is 19.7 Å². The van der Waals surface area contributed by atoms with Crippen LogP contribution in [0.1, 0.15) is 114 Å². The van der Waals surface area contributed by atoms with Crippen molar-refractivity contribution >= 4 is 11.5 Å². The Morgan fingerprint density at radius 2 is 1.62 bits per heavy atom. The van der Waals surface area contributed by atoms with E-state index in [9.17, 15) is 9.90 Å². The van der Waals surface area contributed by atoms with Crippen molar-refractivity contribution in [1.82, 2.24) is 0 Å². The lowest BCUT2D eigenvalue weighted by Crippen LogP contribution is -2.13. The molecule has 0 amide bonds. The molecule has 3 rings (SSSR count). The number of carbonyl (C=O) groups excluding carboxylic acids is 1. The summed E-state index contributed by atoms with van der Waals surface area (Å²) in [5.74, 6) is 1.38. The zero-order chi connectivity index (χ0) is 28.9. The van der Waals surface area contributed by atoms with Crippen molar-refractivity contribution in [3.63, 3.8) is 0 Å². The summed E-state index contributed by atoms with van der Waals surface area (Å²) in [5, 5.41) is 18.6. The van der Waals surface area contributed by atoms with Gasteiger partial charge in [0.05, 0.1) is 0 Å². The van der Waals surface area contributed by atoms with E-state index in [4.69, 9.17) is 9.84 Å². The molecule has 4 heteroatoms. The van der Waals surface area contributed by atoms with Crippen LogP contribution in [-0.2, 0) is 11.2 Å². The third kappa shape index (κ3) is 9.17. The van der Waals surface area contributed by atoms with Crippen LogP contribution in [0.15, 0.2) is 55.1 Å². The third-order valence-electron chi connectivity index (χ3n) is 8.50. The standard InChI is InChI=1S/C36H50O4/c1-5-7-8-9-10-11-28-12-14-30(15-13-28)31-16-17-35(29(6-2)22-31)33-23-32(26(3)18-20-37)24-34(25-33)40-36(39)27(4)19-21-38/h16-17,22-25,28,30,37-38H,3-15,18-21H2,1-2H3. The molecule has 0 radical (unpaired) electrons. The minimum absolute atomic E-state index is 0.00149. The second-order valence-corrected chi connectivity index (χ2v) is 11.5. The molecule has 0 heterocycles. The number of unbranched alkanes of at least 4 members (excludes halogenated alkanes) is 4. The summed E-state index contributed by atoms with van der Waals surface area (Å²) in [4.78, 5) is 12.5. The van der Waals surface area contributed by atoms with Gasteiger partial charge in [0.1, 0.15) is 5.75 Å². The van der Waals surface area contributed by atoms with Gasteiger partial charge in [0.25, 0.3) is 0 Å². The summed E-state index contributed by atoms with van der Waals surface area (Å²) in [5.41, 5.74) is 6.65. The lowest BCUT2D eigenvalue weighted by atomic mass is 9.76. The second kappa shape index (κ2) is 16.5. The molecule has 1 aliphatic carbocycles. The Morgan fingerprint density at radius 1 is 0.900 bits per heavy atom. The molecular formula is C36H50O4. The average Bonchev–Trinajstić information content (AvgIpc) is 2.97. The van der Waals surface area contributed by atoms with Crippen molar-refractivity contribution in [2.75, 3.05) is 13.2 Å². The molecule has 0 aromatic heterocycles. The number of hydrogen-bond acceptors (Lipinski definition) is 4. The molecule has 1 aliphatic rings. The molecule has 4 nitrogen and oxygen atoms in total. The van der Waals surface area contributed by atoms with Crippen molar-refractivity contribution in [2.45, 2.75) is 103 Å². The van der Waals surface area contributed by atoms with Crippen LogP contribution >= 0.6 is 0 Å². The van der Waals surface area contributed by atoms with Gasteiger partial charge in [-0.1, -0.05) is 83.7 Å². The van der Waals surface area contributed by atoms with Crippen LogP contribution in [0.4, 0.5) is 0 Å². The molecule has 0 aliphatic heterocycles. The van der Waals surface area contributed by atoms with Crippen molar-refractivity contribution in [2.24, 2.45) is 5.92 Å². The second-order valence-electron chi connectivity index (χ2n) is 11.5. The Labute approximate surface area is 242 Å². The number of ether oxygens (including phenoxy) is 1. The van der Waals surface area contributed by atoms with Crippen molar-refractivity contribution in [1.29, 1.82) is 0 Å². The van der Waals surface area contributed by atoms with E-state index in [2.05, 4.69) is 51.3 Å². The number of benzene rings is 2. The molecule has 2 aromatic carbocycles. The average molecular weight is 547 g/mol. The molecule has 0 saturated heterocycles. The number of aliphatic hydroxyl groups excluding tert-OH is 2. The summed E-state index contributed by atoms with van der Waals surface area (Å²) in [7, 11) is 0. The Morgan fingerprint density at radius 3 is 2.30 bits per heavy atom. The van der Waals surface area contributed by atoms with E-state index < -0.39 is 5.97 Å². The Bertz CT molecular complexity index is 1120. The summed E-state index contributed by atoms with van der Waals surface area (Å²) in [6.07, 6.45) is 15.0. The van der Waals surface area contributed by atoms with E-state index >= 15 is 0 Å². The zero-order valence-electron chi connectivity index (χ0n) is 24.9. The first-order valence-electron chi connectivity index (χ1n) is 15.5. The summed E-state index contributed by atoms with van der Waals surface area (Å²) in [6, 6.07) is 12.6.